The third-order valence-corrected chi connectivity index (χ3v) is 5.46. The van der Waals surface area contributed by atoms with E-state index < -0.39 is 0 Å². The quantitative estimate of drug-likeness (QED) is 0.808. The lowest BCUT2D eigenvalue weighted by Gasteiger charge is -2.44. The Kier molecular flexibility index (Phi) is 4.20. The van der Waals surface area contributed by atoms with E-state index in [0.717, 1.165) is 38.5 Å². The van der Waals surface area contributed by atoms with E-state index in [2.05, 4.69) is 5.32 Å². The van der Waals surface area contributed by atoms with Crippen LogP contribution in [0.15, 0.2) is 0 Å². The zero-order chi connectivity index (χ0) is 15.0. The lowest BCUT2D eigenvalue weighted by molar-refractivity contribution is -0.140. The van der Waals surface area contributed by atoms with Crippen LogP contribution >= 0.6 is 0 Å². The summed E-state index contributed by atoms with van der Waals surface area (Å²) in [4.78, 5) is 26.0. The number of carbonyl (C=O) groups excluding carboxylic acids is 2. The summed E-state index contributed by atoms with van der Waals surface area (Å²) >= 11 is 0. The van der Waals surface area contributed by atoms with Gasteiger partial charge in [-0.05, 0) is 50.4 Å². The first-order chi connectivity index (χ1) is 10.0. The number of nitrogens with zero attached hydrogens (tertiary/aromatic N) is 1. The van der Waals surface area contributed by atoms with Crippen molar-refractivity contribution in [2.24, 2.45) is 23.5 Å². The summed E-state index contributed by atoms with van der Waals surface area (Å²) in [7, 11) is 1.75. The van der Waals surface area contributed by atoms with Crippen LogP contribution < -0.4 is 11.1 Å². The molecule has 2 bridgehead atoms. The molecule has 0 spiro atoms. The fourth-order valence-corrected chi connectivity index (χ4v) is 4.10. The number of fused-ring (bicyclic) bond motifs is 2. The second-order valence-electron chi connectivity index (χ2n) is 7.23. The van der Waals surface area contributed by atoms with E-state index in [9.17, 15) is 9.59 Å². The van der Waals surface area contributed by atoms with Crippen LogP contribution in [-0.4, -0.2) is 42.4 Å². The molecule has 0 saturated heterocycles. The van der Waals surface area contributed by atoms with Crippen LogP contribution in [0, 0.1) is 17.8 Å². The summed E-state index contributed by atoms with van der Waals surface area (Å²) in [6.07, 6.45) is 7.54. The monoisotopic (exact) mass is 293 g/mol. The lowest BCUT2D eigenvalue weighted by atomic mass is 9.65. The summed E-state index contributed by atoms with van der Waals surface area (Å²) < 4.78 is 0. The zero-order valence-electron chi connectivity index (χ0n) is 12.9. The molecule has 2 atom stereocenters. The highest BCUT2D eigenvalue weighted by molar-refractivity contribution is 5.86. The van der Waals surface area contributed by atoms with Crippen LogP contribution in [0.2, 0.25) is 0 Å². The average Bonchev–Trinajstić information content (AvgIpc) is 3.21. The standard InChI is InChI=1S/C16H27N3O2/c1-19(9-14(20)18-13-5-6-13)16(21)12-7-10-3-2-4-11(8-12)15(10)17/h10-13,15H,2-9,17H2,1H3,(H,18,20). The molecule has 3 saturated carbocycles. The minimum Gasteiger partial charge on any atom is -0.352 e. The molecular weight excluding hydrogens is 266 g/mol. The molecule has 3 fully saturated rings. The van der Waals surface area contributed by atoms with Gasteiger partial charge in [0.2, 0.25) is 11.8 Å². The topological polar surface area (TPSA) is 75.4 Å². The smallest absolute Gasteiger partial charge is 0.239 e. The number of carbonyl (C=O) groups is 2. The fourth-order valence-electron chi connectivity index (χ4n) is 4.10. The molecule has 0 heterocycles. The molecule has 2 amide bonds. The Bertz CT molecular complexity index is 408. The maximum atomic E-state index is 12.6. The predicted octanol–water partition coefficient (Wildman–Crippen LogP) is 0.877. The molecule has 3 rings (SSSR count). The van der Waals surface area contributed by atoms with Crippen LogP contribution in [0.5, 0.6) is 0 Å². The van der Waals surface area contributed by atoms with Crippen molar-refractivity contribution in [1.82, 2.24) is 10.2 Å². The molecule has 0 aliphatic heterocycles. The first-order valence-corrected chi connectivity index (χ1v) is 8.34. The Labute approximate surface area is 126 Å². The van der Waals surface area contributed by atoms with Gasteiger partial charge in [0.05, 0.1) is 6.54 Å². The van der Waals surface area contributed by atoms with Crippen molar-refractivity contribution in [3.05, 3.63) is 0 Å². The van der Waals surface area contributed by atoms with E-state index in [1.54, 1.807) is 11.9 Å². The lowest BCUT2D eigenvalue weighted by Crippen LogP contribution is -2.50. The van der Waals surface area contributed by atoms with Gasteiger partial charge in [0.25, 0.3) is 0 Å². The Hall–Kier alpha value is -1.10. The number of nitrogens with two attached hydrogens (primary N) is 1. The molecule has 21 heavy (non-hydrogen) atoms. The van der Waals surface area contributed by atoms with Crippen molar-refractivity contribution in [3.8, 4) is 0 Å². The van der Waals surface area contributed by atoms with Crippen LogP contribution in [0.3, 0.4) is 0 Å². The Balaban J connectivity index is 1.53. The first-order valence-electron chi connectivity index (χ1n) is 8.34. The van der Waals surface area contributed by atoms with Gasteiger partial charge in [0.1, 0.15) is 0 Å². The number of hydrogen-bond acceptors (Lipinski definition) is 3. The number of likely N-dealkylation sites (N-methyl/N-ethyl adjacent to an activating group) is 1. The molecule has 2 unspecified atom stereocenters. The third-order valence-electron chi connectivity index (χ3n) is 5.46. The van der Waals surface area contributed by atoms with Gasteiger partial charge in [0.15, 0.2) is 0 Å². The Morgan fingerprint density at radius 1 is 1.14 bits per heavy atom. The molecule has 0 aromatic heterocycles. The average molecular weight is 293 g/mol. The zero-order valence-corrected chi connectivity index (χ0v) is 12.9. The van der Waals surface area contributed by atoms with E-state index in [-0.39, 0.29) is 30.3 Å². The minimum atomic E-state index is -0.0268. The van der Waals surface area contributed by atoms with E-state index >= 15 is 0 Å². The Morgan fingerprint density at radius 3 is 2.33 bits per heavy atom. The molecule has 118 valence electrons. The number of hydrogen-bond donors (Lipinski definition) is 2. The maximum Gasteiger partial charge on any atom is 0.239 e. The number of rotatable bonds is 4. The molecule has 3 aliphatic carbocycles. The van der Waals surface area contributed by atoms with Gasteiger partial charge in [0, 0.05) is 25.0 Å². The van der Waals surface area contributed by atoms with Crippen molar-refractivity contribution < 1.29 is 9.59 Å². The molecule has 5 heteroatoms. The highest BCUT2D eigenvalue weighted by Crippen LogP contribution is 2.42. The van der Waals surface area contributed by atoms with Gasteiger partial charge in [-0.15, -0.1) is 0 Å². The highest BCUT2D eigenvalue weighted by Gasteiger charge is 2.41. The molecule has 0 aromatic rings. The van der Waals surface area contributed by atoms with Gasteiger partial charge in [-0.1, -0.05) is 6.42 Å². The predicted molar refractivity (Wildman–Crippen MR) is 80.3 cm³/mol. The third kappa shape index (κ3) is 3.39. The van der Waals surface area contributed by atoms with E-state index in [0.29, 0.717) is 17.9 Å². The molecule has 0 aromatic carbocycles. The summed E-state index contributed by atoms with van der Waals surface area (Å²) in [5, 5.41) is 2.94. The highest BCUT2D eigenvalue weighted by atomic mass is 16.2. The maximum absolute atomic E-state index is 12.6. The molecule has 5 nitrogen and oxygen atoms in total. The molecule has 0 radical (unpaired) electrons. The van der Waals surface area contributed by atoms with E-state index in [1.165, 1.54) is 6.42 Å². The number of amides is 2. The largest absolute Gasteiger partial charge is 0.352 e. The van der Waals surface area contributed by atoms with Crippen LogP contribution in [0.1, 0.15) is 44.9 Å². The first kappa shape index (κ1) is 14.8. The van der Waals surface area contributed by atoms with Crippen molar-refractivity contribution in [3.63, 3.8) is 0 Å². The van der Waals surface area contributed by atoms with Crippen molar-refractivity contribution in [2.45, 2.75) is 57.0 Å². The molecular formula is C16H27N3O2. The van der Waals surface area contributed by atoms with E-state index in [1.807, 2.05) is 0 Å². The van der Waals surface area contributed by atoms with Gasteiger partial charge >= 0.3 is 0 Å². The minimum absolute atomic E-state index is 0.0268. The van der Waals surface area contributed by atoms with Crippen LogP contribution in [-0.2, 0) is 9.59 Å². The second kappa shape index (κ2) is 5.95. The summed E-state index contributed by atoms with van der Waals surface area (Å²) in [6.45, 7) is 0.188. The summed E-state index contributed by atoms with van der Waals surface area (Å²) in [5.41, 5.74) is 6.28. The SMILES string of the molecule is CN(CC(=O)NC1CC1)C(=O)C1CC2CCCC(C1)C2N. The van der Waals surface area contributed by atoms with Gasteiger partial charge in [-0.2, -0.15) is 0 Å². The van der Waals surface area contributed by atoms with Crippen molar-refractivity contribution in [1.29, 1.82) is 0 Å². The summed E-state index contributed by atoms with van der Waals surface area (Å²) in [6, 6.07) is 0.638. The second-order valence-corrected chi connectivity index (χ2v) is 7.23. The van der Waals surface area contributed by atoms with Gasteiger partial charge < -0.3 is 16.0 Å². The summed E-state index contributed by atoms with van der Waals surface area (Å²) in [5.74, 6) is 1.17. The normalized spacial score (nSPS) is 35.1. The van der Waals surface area contributed by atoms with Crippen molar-refractivity contribution >= 4 is 11.8 Å². The molecule has 3 aliphatic rings. The van der Waals surface area contributed by atoms with Gasteiger partial charge in [-0.3, -0.25) is 9.59 Å². The van der Waals surface area contributed by atoms with E-state index in [4.69, 9.17) is 5.73 Å². The fraction of sp³-hybridized carbons (Fsp3) is 0.875. The van der Waals surface area contributed by atoms with Gasteiger partial charge in [-0.25, -0.2) is 0 Å². The molecule has 3 N–H and O–H groups in total. The van der Waals surface area contributed by atoms with Crippen LogP contribution in [0.4, 0.5) is 0 Å². The Morgan fingerprint density at radius 2 is 1.76 bits per heavy atom. The van der Waals surface area contributed by atoms with Crippen molar-refractivity contribution in [2.75, 3.05) is 13.6 Å². The van der Waals surface area contributed by atoms with Crippen LogP contribution in [0.25, 0.3) is 0 Å². The number of nitrogens with one attached hydrogen (secondary N) is 1.